The Morgan fingerprint density at radius 1 is 1.00 bits per heavy atom. The molecule has 5 nitrogen and oxygen atoms in total. The summed E-state index contributed by atoms with van der Waals surface area (Å²) >= 11 is 0. The van der Waals surface area contributed by atoms with Crippen LogP contribution in [0.5, 0.6) is 11.5 Å². The topological polar surface area (TPSA) is 72.5 Å². The van der Waals surface area contributed by atoms with Gasteiger partial charge in [-0.25, -0.2) is 9.38 Å². The average Bonchev–Trinajstić information content (AvgIpc) is 2.70. The number of benzene rings is 2. The molecule has 0 aliphatic carbocycles. The van der Waals surface area contributed by atoms with Crippen LogP contribution in [-0.2, 0) is 13.0 Å². The van der Waals surface area contributed by atoms with Crippen LogP contribution in [0.3, 0.4) is 0 Å². The molecule has 1 aromatic heterocycles. The van der Waals surface area contributed by atoms with Crippen LogP contribution in [0.4, 0.5) is 4.39 Å². The number of hydrogen-bond acceptors (Lipinski definition) is 3. The SMILES string of the molecule is I.NC(=NCc1ccc(Oc2ccc(F)cc2)cc1)NCCc1ccccn1. The van der Waals surface area contributed by atoms with Gasteiger partial charge in [0.15, 0.2) is 5.96 Å². The first-order valence-electron chi connectivity index (χ1n) is 8.65. The van der Waals surface area contributed by atoms with Crippen LogP contribution >= 0.6 is 24.0 Å². The van der Waals surface area contributed by atoms with E-state index in [-0.39, 0.29) is 29.8 Å². The van der Waals surface area contributed by atoms with Crippen LogP contribution in [0, 0.1) is 5.82 Å². The fourth-order valence-electron chi connectivity index (χ4n) is 2.40. The molecule has 146 valence electrons. The third-order valence-corrected chi connectivity index (χ3v) is 3.82. The minimum atomic E-state index is -0.290. The average molecular weight is 492 g/mol. The van der Waals surface area contributed by atoms with Crippen molar-refractivity contribution in [3.63, 3.8) is 0 Å². The molecule has 0 spiro atoms. The highest BCUT2D eigenvalue weighted by Gasteiger charge is 2.00. The van der Waals surface area contributed by atoms with Crippen molar-refractivity contribution in [2.24, 2.45) is 10.7 Å². The molecule has 0 atom stereocenters. The van der Waals surface area contributed by atoms with Crippen molar-refractivity contribution in [2.45, 2.75) is 13.0 Å². The highest BCUT2D eigenvalue weighted by atomic mass is 127. The molecule has 0 aliphatic rings. The molecule has 0 fully saturated rings. The van der Waals surface area contributed by atoms with Crippen LogP contribution in [-0.4, -0.2) is 17.5 Å². The van der Waals surface area contributed by atoms with Crippen molar-refractivity contribution in [1.29, 1.82) is 0 Å². The second-order valence-corrected chi connectivity index (χ2v) is 5.90. The van der Waals surface area contributed by atoms with E-state index in [0.717, 1.165) is 17.7 Å². The Kier molecular flexibility index (Phi) is 8.67. The first-order valence-corrected chi connectivity index (χ1v) is 8.65. The second kappa shape index (κ2) is 11.2. The van der Waals surface area contributed by atoms with Crippen LogP contribution in [0.15, 0.2) is 77.9 Å². The van der Waals surface area contributed by atoms with Crippen LogP contribution in [0.25, 0.3) is 0 Å². The van der Waals surface area contributed by atoms with Gasteiger partial charge in [0.1, 0.15) is 17.3 Å². The smallest absolute Gasteiger partial charge is 0.188 e. The molecule has 3 N–H and O–H groups in total. The number of pyridine rings is 1. The summed E-state index contributed by atoms with van der Waals surface area (Å²) in [5, 5.41) is 3.08. The monoisotopic (exact) mass is 492 g/mol. The summed E-state index contributed by atoms with van der Waals surface area (Å²) < 4.78 is 18.6. The first-order chi connectivity index (χ1) is 13.2. The van der Waals surface area contributed by atoms with Crippen molar-refractivity contribution in [1.82, 2.24) is 10.3 Å². The summed E-state index contributed by atoms with van der Waals surface area (Å²) in [6, 6.07) is 19.3. The minimum Gasteiger partial charge on any atom is -0.457 e. The fourth-order valence-corrected chi connectivity index (χ4v) is 2.40. The van der Waals surface area contributed by atoms with Gasteiger partial charge in [0.05, 0.1) is 6.54 Å². The Balaban J connectivity index is 0.00000280. The van der Waals surface area contributed by atoms with E-state index in [1.54, 1.807) is 18.3 Å². The zero-order valence-corrected chi connectivity index (χ0v) is 17.5. The largest absolute Gasteiger partial charge is 0.457 e. The van der Waals surface area contributed by atoms with Gasteiger partial charge in [-0.15, -0.1) is 24.0 Å². The van der Waals surface area contributed by atoms with Crippen molar-refractivity contribution in [3.05, 3.63) is 90.0 Å². The lowest BCUT2D eigenvalue weighted by Crippen LogP contribution is -2.33. The molecular formula is C21H22FIN4O. The van der Waals surface area contributed by atoms with Gasteiger partial charge in [0, 0.05) is 24.9 Å². The van der Waals surface area contributed by atoms with E-state index >= 15 is 0 Å². The molecule has 0 unspecified atom stereocenters. The molecule has 0 bridgehead atoms. The number of aliphatic imine (C=N–C) groups is 1. The predicted molar refractivity (Wildman–Crippen MR) is 120 cm³/mol. The number of guanidine groups is 1. The fraction of sp³-hybridized carbons (Fsp3) is 0.143. The van der Waals surface area contributed by atoms with Gasteiger partial charge < -0.3 is 15.8 Å². The first kappa shape index (κ1) is 21.6. The van der Waals surface area contributed by atoms with Crippen molar-refractivity contribution >= 4 is 29.9 Å². The van der Waals surface area contributed by atoms with Gasteiger partial charge in [-0.3, -0.25) is 4.98 Å². The normalized spacial score (nSPS) is 10.8. The molecule has 0 saturated heterocycles. The number of aromatic nitrogens is 1. The minimum absolute atomic E-state index is 0. The van der Waals surface area contributed by atoms with Gasteiger partial charge in [-0.1, -0.05) is 18.2 Å². The highest BCUT2D eigenvalue weighted by Crippen LogP contribution is 2.22. The maximum Gasteiger partial charge on any atom is 0.188 e. The van der Waals surface area contributed by atoms with E-state index in [1.807, 2.05) is 42.5 Å². The van der Waals surface area contributed by atoms with Crippen LogP contribution < -0.4 is 15.8 Å². The Morgan fingerprint density at radius 2 is 1.68 bits per heavy atom. The van der Waals surface area contributed by atoms with E-state index in [4.69, 9.17) is 10.5 Å². The number of nitrogens with two attached hydrogens (primary N) is 1. The number of hydrogen-bond donors (Lipinski definition) is 2. The molecule has 7 heteroatoms. The lowest BCUT2D eigenvalue weighted by molar-refractivity contribution is 0.480. The summed E-state index contributed by atoms with van der Waals surface area (Å²) in [4.78, 5) is 8.59. The van der Waals surface area contributed by atoms with Crippen molar-refractivity contribution in [2.75, 3.05) is 6.54 Å². The molecule has 0 radical (unpaired) electrons. The maximum absolute atomic E-state index is 12.9. The lowest BCUT2D eigenvalue weighted by atomic mass is 10.2. The number of halogens is 2. The highest BCUT2D eigenvalue weighted by molar-refractivity contribution is 14.0. The number of nitrogens with zero attached hydrogens (tertiary/aromatic N) is 2. The number of nitrogens with one attached hydrogen (secondary N) is 1. The maximum atomic E-state index is 12.9. The lowest BCUT2D eigenvalue weighted by Gasteiger charge is -2.07. The molecule has 28 heavy (non-hydrogen) atoms. The summed E-state index contributed by atoms with van der Waals surface area (Å²) in [7, 11) is 0. The quantitative estimate of drug-likeness (QED) is 0.294. The zero-order chi connectivity index (χ0) is 18.9. The van der Waals surface area contributed by atoms with Crippen LogP contribution in [0.1, 0.15) is 11.3 Å². The third kappa shape index (κ3) is 7.15. The molecule has 3 aromatic rings. The summed E-state index contributed by atoms with van der Waals surface area (Å²) in [6.45, 7) is 1.15. The van der Waals surface area contributed by atoms with Gasteiger partial charge in [0.2, 0.25) is 0 Å². The Morgan fingerprint density at radius 3 is 2.32 bits per heavy atom. The molecule has 1 heterocycles. The van der Waals surface area contributed by atoms with E-state index in [2.05, 4.69) is 15.3 Å². The molecule has 0 saturated carbocycles. The molecule has 3 rings (SSSR count). The molecule has 0 amide bonds. The Hall–Kier alpha value is -2.68. The molecule has 0 aliphatic heterocycles. The van der Waals surface area contributed by atoms with Crippen molar-refractivity contribution < 1.29 is 9.13 Å². The third-order valence-electron chi connectivity index (χ3n) is 3.82. The summed E-state index contributed by atoms with van der Waals surface area (Å²) in [5.41, 5.74) is 7.91. The van der Waals surface area contributed by atoms with Gasteiger partial charge >= 0.3 is 0 Å². The Labute approximate surface area is 180 Å². The molecule has 2 aromatic carbocycles. The second-order valence-electron chi connectivity index (χ2n) is 5.90. The molecular weight excluding hydrogens is 470 g/mol. The Bertz CT molecular complexity index is 871. The van der Waals surface area contributed by atoms with Crippen molar-refractivity contribution in [3.8, 4) is 11.5 Å². The van der Waals surface area contributed by atoms with Gasteiger partial charge in [0.25, 0.3) is 0 Å². The van der Waals surface area contributed by atoms with E-state index in [9.17, 15) is 4.39 Å². The summed E-state index contributed by atoms with van der Waals surface area (Å²) in [6.07, 6.45) is 2.56. The van der Waals surface area contributed by atoms with E-state index in [1.165, 1.54) is 12.1 Å². The number of rotatable bonds is 7. The van der Waals surface area contributed by atoms with E-state index < -0.39 is 0 Å². The van der Waals surface area contributed by atoms with Gasteiger partial charge in [-0.05, 0) is 54.1 Å². The van der Waals surface area contributed by atoms with E-state index in [0.29, 0.717) is 30.5 Å². The standard InChI is InChI=1S/C21H21FN4O.HI/c22-17-6-10-20(11-7-17)27-19-8-4-16(5-9-19)15-26-21(23)25-14-12-18-3-1-2-13-24-18;/h1-11,13H,12,14-15H2,(H3,23,25,26);1H. The van der Waals surface area contributed by atoms with Crippen LogP contribution in [0.2, 0.25) is 0 Å². The van der Waals surface area contributed by atoms with Gasteiger partial charge in [-0.2, -0.15) is 0 Å². The number of ether oxygens (including phenoxy) is 1. The summed E-state index contributed by atoms with van der Waals surface area (Å²) in [5.74, 6) is 1.37. The predicted octanol–water partition coefficient (Wildman–Crippen LogP) is 4.28. The zero-order valence-electron chi connectivity index (χ0n) is 15.2.